The van der Waals surface area contributed by atoms with Crippen molar-refractivity contribution in [2.24, 2.45) is 0 Å². The maximum absolute atomic E-state index is 12.3. The normalized spacial score (nSPS) is 10.9. The number of amides is 1. The summed E-state index contributed by atoms with van der Waals surface area (Å²) < 4.78 is 4.99. The Balaban J connectivity index is 2.38. The van der Waals surface area contributed by atoms with Crippen molar-refractivity contribution in [3.05, 3.63) is 56.5 Å². The van der Waals surface area contributed by atoms with Crippen LogP contribution in [0.3, 0.4) is 0 Å². The molecule has 0 saturated heterocycles. The van der Waals surface area contributed by atoms with Crippen molar-refractivity contribution in [1.29, 1.82) is 5.26 Å². The molecule has 128 valence electrons. The Bertz CT molecular complexity index is 905. The van der Waals surface area contributed by atoms with Gasteiger partial charge in [0.25, 0.3) is 5.91 Å². The first kappa shape index (κ1) is 18.9. The van der Waals surface area contributed by atoms with Gasteiger partial charge in [0, 0.05) is 16.7 Å². The highest BCUT2D eigenvalue weighted by Crippen LogP contribution is 2.35. The van der Waals surface area contributed by atoms with Crippen molar-refractivity contribution in [1.82, 2.24) is 0 Å². The van der Waals surface area contributed by atoms with Gasteiger partial charge in [0.2, 0.25) is 0 Å². The number of benzene rings is 2. The summed E-state index contributed by atoms with van der Waals surface area (Å²) in [6.07, 6.45) is 1.19. The first-order valence-electron chi connectivity index (χ1n) is 6.81. The second kappa shape index (κ2) is 8.13. The lowest BCUT2D eigenvalue weighted by Gasteiger charge is -2.09. The number of nitrogens with zero attached hydrogens (tertiary/aromatic N) is 1. The molecule has 0 radical (unpaired) electrons. The Morgan fingerprint density at radius 2 is 2.04 bits per heavy atom. The third-order valence-corrected chi connectivity index (χ3v) is 4.19. The van der Waals surface area contributed by atoms with Crippen LogP contribution < -0.4 is 10.1 Å². The molecule has 0 fully saturated rings. The number of rotatable bonds is 4. The van der Waals surface area contributed by atoms with E-state index in [2.05, 4.69) is 5.32 Å². The number of nitriles is 1. The van der Waals surface area contributed by atoms with Gasteiger partial charge in [-0.2, -0.15) is 5.26 Å². The van der Waals surface area contributed by atoms with Gasteiger partial charge in [0.1, 0.15) is 11.6 Å². The van der Waals surface area contributed by atoms with Crippen LogP contribution in [0.4, 0.5) is 5.69 Å². The first-order chi connectivity index (χ1) is 11.9. The van der Waals surface area contributed by atoms with Gasteiger partial charge in [-0.05, 0) is 24.3 Å². The zero-order valence-electron chi connectivity index (χ0n) is 12.8. The van der Waals surface area contributed by atoms with Crippen LogP contribution in [-0.4, -0.2) is 18.1 Å². The summed E-state index contributed by atoms with van der Waals surface area (Å²) in [7, 11) is 1.36. The van der Waals surface area contributed by atoms with Crippen molar-refractivity contribution in [3.63, 3.8) is 0 Å². The SMILES string of the molecule is COc1cc(Cl)cc(/C=C(\C#N)C(=O)Nc2cccc(Cl)c2Cl)c1O. The Morgan fingerprint density at radius 3 is 2.68 bits per heavy atom. The summed E-state index contributed by atoms with van der Waals surface area (Å²) in [5, 5.41) is 22.5. The molecule has 1 amide bonds. The first-order valence-corrected chi connectivity index (χ1v) is 7.94. The van der Waals surface area contributed by atoms with E-state index < -0.39 is 5.91 Å². The quantitative estimate of drug-likeness (QED) is 0.567. The number of anilines is 1. The summed E-state index contributed by atoms with van der Waals surface area (Å²) in [5.74, 6) is -0.840. The standard InChI is InChI=1S/C17H11Cl3N2O3/c1-25-14-7-11(18)6-9(16(14)23)5-10(8-21)17(24)22-13-4-2-3-12(19)15(13)20/h2-7,23H,1H3,(H,22,24)/b10-5+. The molecule has 0 bridgehead atoms. The third-order valence-electron chi connectivity index (χ3n) is 3.15. The number of aromatic hydroxyl groups is 1. The smallest absolute Gasteiger partial charge is 0.266 e. The summed E-state index contributed by atoms with van der Waals surface area (Å²) in [4.78, 5) is 12.3. The minimum Gasteiger partial charge on any atom is -0.504 e. The predicted molar refractivity (Wildman–Crippen MR) is 98.4 cm³/mol. The number of hydrogen-bond donors (Lipinski definition) is 2. The van der Waals surface area contributed by atoms with E-state index in [1.807, 2.05) is 0 Å². The molecule has 5 nitrogen and oxygen atoms in total. The van der Waals surface area contributed by atoms with Gasteiger partial charge >= 0.3 is 0 Å². The van der Waals surface area contributed by atoms with Gasteiger partial charge < -0.3 is 15.2 Å². The second-order valence-corrected chi connectivity index (χ2v) is 5.99. The summed E-state index contributed by atoms with van der Waals surface area (Å²) in [6, 6.07) is 9.29. The number of phenolic OH excluding ortho intramolecular Hbond substituents is 1. The molecule has 0 aromatic heterocycles. The van der Waals surface area contributed by atoms with Crippen molar-refractivity contribution in [2.75, 3.05) is 12.4 Å². The average Bonchev–Trinajstić information content (AvgIpc) is 2.59. The average molecular weight is 398 g/mol. The van der Waals surface area contributed by atoms with Gasteiger partial charge in [-0.3, -0.25) is 4.79 Å². The molecule has 2 aromatic rings. The van der Waals surface area contributed by atoms with E-state index in [0.29, 0.717) is 0 Å². The van der Waals surface area contributed by atoms with Crippen molar-refractivity contribution >= 4 is 52.5 Å². The van der Waals surface area contributed by atoms with E-state index in [1.165, 1.54) is 25.3 Å². The monoisotopic (exact) mass is 396 g/mol. The van der Waals surface area contributed by atoms with Crippen molar-refractivity contribution < 1.29 is 14.6 Å². The zero-order valence-corrected chi connectivity index (χ0v) is 15.1. The molecule has 0 heterocycles. The van der Waals surface area contributed by atoms with E-state index in [1.54, 1.807) is 24.3 Å². The van der Waals surface area contributed by atoms with Crippen LogP contribution in [0.1, 0.15) is 5.56 Å². The maximum Gasteiger partial charge on any atom is 0.266 e. The molecule has 2 aromatic carbocycles. The van der Waals surface area contributed by atoms with E-state index >= 15 is 0 Å². The number of nitrogens with one attached hydrogen (secondary N) is 1. The number of ether oxygens (including phenoxy) is 1. The van der Waals surface area contributed by atoms with Gasteiger partial charge in [-0.15, -0.1) is 0 Å². The van der Waals surface area contributed by atoms with Gasteiger partial charge in [-0.25, -0.2) is 0 Å². The van der Waals surface area contributed by atoms with Crippen LogP contribution in [0.15, 0.2) is 35.9 Å². The van der Waals surface area contributed by atoms with E-state index in [0.717, 1.165) is 0 Å². The van der Waals surface area contributed by atoms with Crippen LogP contribution in [0.25, 0.3) is 6.08 Å². The Morgan fingerprint density at radius 1 is 1.32 bits per heavy atom. The fraction of sp³-hybridized carbons (Fsp3) is 0.0588. The zero-order chi connectivity index (χ0) is 18.6. The molecule has 0 saturated carbocycles. The number of carbonyl (C=O) groups excluding carboxylic acids is 1. The minimum absolute atomic E-state index is 0.120. The van der Waals surface area contributed by atoms with Crippen molar-refractivity contribution in [3.8, 4) is 17.6 Å². The molecule has 2 rings (SSSR count). The van der Waals surface area contributed by atoms with Crippen LogP contribution in [0, 0.1) is 11.3 Å². The lowest BCUT2D eigenvalue weighted by molar-refractivity contribution is -0.112. The molecule has 0 unspecified atom stereocenters. The van der Waals surface area contributed by atoms with Gasteiger partial charge in [-0.1, -0.05) is 40.9 Å². The summed E-state index contributed by atoms with van der Waals surface area (Å²) in [5.41, 5.74) is 0.150. The molecule has 0 aliphatic heterocycles. The number of hydrogen-bond acceptors (Lipinski definition) is 4. The second-order valence-electron chi connectivity index (χ2n) is 4.77. The minimum atomic E-state index is -0.718. The largest absolute Gasteiger partial charge is 0.504 e. The Kier molecular flexibility index (Phi) is 6.16. The van der Waals surface area contributed by atoms with Gasteiger partial charge in [0.15, 0.2) is 11.5 Å². The molecule has 2 N–H and O–H groups in total. The Labute approximate surface area is 159 Å². The highest BCUT2D eigenvalue weighted by atomic mass is 35.5. The molecule has 0 aliphatic rings. The number of carbonyl (C=O) groups is 1. The van der Waals surface area contributed by atoms with Gasteiger partial charge in [0.05, 0.1) is 22.8 Å². The Hall–Kier alpha value is -2.39. The van der Waals surface area contributed by atoms with E-state index in [9.17, 15) is 15.2 Å². The highest BCUT2D eigenvalue weighted by molar-refractivity contribution is 6.44. The third kappa shape index (κ3) is 4.37. The lowest BCUT2D eigenvalue weighted by atomic mass is 10.1. The fourth-order valence-electron chi connectivity index (χ4n) is 1.95. The summed E-state index contributed by atoms with van der Waals surface area (Å²) >= 11 is 17.8. The maximum atomic E-state index is 12.3. The molecule has 25 heavy (non-hydrogen) atoms. The molecular weight excluding hydrogens is 387 g/mol. The molecule has 0 aliphatic carbocycles. The molecule has 8 heteroatoms. The topological polar surface area (TPSA) is 82.3 Å². The molecule has 0 atom stereocenters. The highest BCUT2D eigenvalue weighted by Gasteiger charge is 2.15. The van der Waals surface area contributed by atoms with Crippen LogP contribution in [-0.2, 0) is 4.79 Å². The lowest BCUT2D eigenvalue weighted by Crippen LogP contribution is -2.13. The van der Waals surface area contributed by atoms with E-state index in [-0.39, 0.29) is 43.4 Å². The van der Waals surface area contributed by atoms with Crippen molar-refractivity contribution in [2.45, 2.75) is 0 Å². The fourth-order valence-corrected chi connectivity index (χ4v) is 2.52. The number of methoxy groups -OCH3 is 1. The number of phenols is 1. The summed E-state index contributed by atoms with van der Waals surface area (Å²) in [6.45, 7) is 0. The van der Waals surface area contributed by atoms with Crippen LogP contribution in [0.5, 0.6) is 11.5 Å². The molecule has 0 spiro atoms. The van der Waals surface area contributed by atoms with E-state index in [4.69, 9.17) is 39.5 Å². The number of halogens is 3. The molecular formula is C17H11Cl3N2O3. The predicted octanol–water partition coefficient (Wildman–Crippen LogP) is 4.91. The van der Waals surface area contributed by atoms with Crippen LogP contribution >= 0.6 is 34.8 Å². The van der Waals surface area contributed by atoms with Crippen LogP contribution in [0.2, 0.25) is 15.1 Å².